The highest BCUT2D eigenvalue weighted by Crippen LogP contribution is 2.45. The molecule has 1 heterocycles. The molecule has 0 spiro atoms. The minimum absolute atomic E-state index is 0.0937. The Hall–Kier alpha value is -3.59. The van der Waals surface area contributed by atoms with E-state index in [9.17, 15) is 14.9 Å². The Morgan fingerprint density at radius 2 is 1.88 bits per heavy atom. The van der Waals surface area contributed by atoms with Crippen LogP contribution in [0.1, 0.15) is 16.7 Å². The predicted octanol–water partition coefficient (Wildman–Crippen LogP) is 2.03. The first-order valence-electron chi connectivity index (χ1n) is 7.60. The third kappa shape index (κ3) is 3.08. The number of para-hydroxylation sites is 1. The second-order valence-corrected chi connectivity index (χ2v) is 5.61. The molecule has 2 aromatic carbocycles. The third-order valence-electron chi connectivity index (χ3n) is 3.79. The Balaban J connectivity index is 2.22. The SMILES string of the molecule is Cc1ccc2c(c1)C(=C(C#N)C(=O)NCC(N)=O)c1ccccc1O2. The number of nitrogens with one attached hydrogen (secondary N) is 1. The molecule has 6 nitrogen and oxygen atoms in total. The fourth-order valence-corrected chi connectivity index (χ4v) is 2.70. The number of benzene rings is 2. The fourth-order valence-electron chi connectivity index (χ4n) is 2.70. The van der Waals surface area contributed by atoms with Gasteiger partial charge in [0.15, 0.2) is 0 Å². The van der Waals surface area contributed by atoms with Crippen molar-refractivity contribution >= 4 is 17.4 Å². The summed E-state index contributed by atoms with van der Waals surface area (Å²) in [6.07, 6.45) is 0. The van der Waals surface area contributed by atoms with Crippen LogP contribution in [-0.4, -0.2) is 18.4 Å². The zero-order valence-electron chi connectivity index (χ0n) is 13.5. The van der Waals surface area contributed by atoms with Crippen LogP contribution < -0.4 is 15.8 Å². The van der Waals surface area contributed by atoms with Gasteiger partial charge in [0, 0.05) is 16.7 Å². The van der Waals surface area contributed by atoms with Crippen molar-refractivity contribution in [1.82, 2.24) is 5.32 Å². The number of hydrogen-bond donors (Lipinski definition) is 2. The van der Waals surface area contributed by atoms with Gasteiger partial charge in [0.1, 0.15) is 23.1 Å². The van der Waals surface area contributed by atoms with E-state index in [1.54, 1.807) is 24.3 Å². The summed E-state index contributed by atoms with van der Waals surface area (Å²) in [5.74, 6) is -0.209. The number of amides is 2. The minimum atomic E-state index is -0.681. The molecule has 0 saturated carbocycles. The molecule has 2 amide bonds. The number of hydrogen-bond acceptors (Lipinski definition) is 4. The Kier molecular flexibility index (Phi) is 4.23. The quantitative estimate of drug-likeness (QED) is 0.565. The van der Waals surface area contributed by atoms with Gasteiger partial charge in [0.25, 0.3) is 5.91 Å². The Morgan fingerprint density at radius 1 is 1.16 bits per heavy atom. The van der Waals surface area contributed by atoms with Gasteiger partial charge in [-0.15, -0.1) is 0 Å². The third-order valence-corrected chi connectivity index (χ3v) is 3.79. The molecule has 2 aromatic rings. The average Bonchev–Trinajstić information content (AvgIpc) is 2.60. The van der Waals surface area contributed by atoms with Crippen LogP contribution in [0.5, 0.6) is 11.5 Å². The lowest BCUT2D eigenvalue weighted by Crippen LogP contribution is -2.34. The van der Waals surface area contributed by atoms with E-state index in [0.717, 1.165) is 5.56 Å². The standard InChI is InChI=1S/C19H15N3O3/c1-11-6-7-16-13(8-11)18(12-4-2-3-5-15(12)25-16)14(9-20)19(24)22-10-17(21)23/h2-8H,10H2,1H3,(H2,21,23)(H,22,24). The number of carbonyl (C=O) groups excluding carboxylic acids is 2. The van der Waals surface area contributed by atoms with Crippen LogP contribution >= 0.6 is 0 Å². The number of nitrogens with two attached hydrogens (primary N) is 1. The molecule has 6 heteroatoms. The van der Waals surface area contributed by atoms with Crippen molar-refractivity contribution in [3.63, 3.8) is 0 Å². The maximum atomic E-state index is 12.4. The van der Waals surface area contributed by atoms with E-state index in [2.05, 4.69) is 5.32 Å². The largest absolute Gasteiger partial charge is 0.456 e. The van der Waals surface area contributed by atoms with Crippen LogP contribution in [0.15, 0.2) is 48.0 Å². The van der Waals surface area contributed by atoms with E-state index in [1.165, 1.54) is 0 Å². The summed E-state index contributed by atoms with van der Waals surface area (Å²) in [5, 5.41) is 12.0. The number of carbonyl (C=O) groups is 2. The van der Waals surface area contributed by atoms with Crippen molar-refractivity contribution in [3.8, 4) is 17.6 Å². The molecule has 1 aliphatic rings. The summed E-state index contributed by atoms with van der Waals surface area (Å²) in [5.41, 5.74) is 7.71. The van der Waals surface area contributed by atoms with Crippen molar-refractivity contribution in [3.05, 3.63) is 64.7 Å². The second kappa shape index (κ2) is 6.49. The molecule has 0 bridgehead atoms. The van der Waals surface area contributed by atoms with Gasteiger partial charge in [0.05, 0.1) is 6.54 Å². The summed E-state index contributed by atoms with van der Waals surface area (Å²) in [7, 11) is 0. The monoisotopic (exact) mass is 333 g/mol. The fraction of sp³-hybridized carbons (Fsp3) is 0.105. The number of ether oxygens (including phenoxy) is 1. The summed E-state index contributed by atoms with van der Waals surface area (Å²) < 4.78 is 5.89. The number of rotatable bonds is 3. The van der Waals surface area contributed by atoms with Crippen LogP contribution in [0.4, 0.5) is 0 Å². The van der Waals surface area contributed by atoms with Crippen LogP contribution in [0.3, 0.4) is 0 Å². The number of nitriles is 1. The Labute approximate surface area is 144 Å². The van der Waals surface area contributed by atoms with E-state index in [4.69, 9.17) is 10.5 Å². The number of nitrogens with zero attached hydrogens (tertiary/aromatic N) is 1. The molecule has 0 radical (unpaired) electrons. The van der Waals surface area contributed by atoms with Gasteiger partial charge in [-0.3, -0.25) is 9.59 Å². The van der Waals surface area contributed by atoms with E-state index < -0.39 is 11.8 Å². The summed E-state index contributed by atoms with van der Waals surface area (Å²) in [6, 6.07) is 14.7. The first kappa shape index (κ1) is 16.3. The molecule has 0 aliphatic carbocycles. The van der Waals surface area contributed by atoms with E-state index in [1.807, 2.05) is 31.2 Å². The zero-order chi connectivity index (χ0) is 18.0. The maximum Gasteiger partial charge on any atom is 0.263 e. The molecule has 0 unspecified atom stereocenters. The number of fused-ring (bicyclic) bond motifs is 2. The summed E-state index contributed by atoms with van der Waals surface area (Å²) in [6.45, 7) is 1.58. The van der Waals surface area contributed by atoms with Crippen molar-refractivity contribution in [2.75, 3.05) is 6.54 Å². The minimum Gasteiger partial charge on any atom is -0.456 e. The lowest BCUT2D eigenvalue weighted by atomic mass is 9.89. The normalized spacial score (nSPS) is 13.6. The molecule has 25 heavy (non-hydrogen) atoms. The Morgan fingerprint density at radius 3 is 2.60 bits per heavy atom. The Bertz CT molecular complexity index is 955. The van der Waals surface area contributed by atoms with Crippen molar-refractivity contribution < 1.29 is 14.3 Å². The van der Waals surface area contributed by atoms with Gasteiger partial charge < -0.3 is 15.8 Å². The van der Waals surface area contributed by atoms with Crippen LogP contribution in [0.2, 0.25) is 0 Å². The summed E-state index contributed by atoms with van der Waals surface area (Å²) in [4.78, 5) is 23.4. The lowest BCUT2D eigenvalue weighted by molar-refractivity contribution is -0.122. The van der Waals surface area contributed by atoms with E-state index in [-0.39, 0.29) is 12.1 Å². The number of primary amides is 1. The highest BCUT2D eigenvalue weighted by Gasteiger charge is 2.27. The highest BCUT2D eigenvalue weighted by atomic mass is 16.5. The van der Waals surface area contributed by atoms with Crippen LogP contribution in [-0.2, 0) is 9.59 Å². The van der Waals surface area contributed by atoms with E-state index in [0.29, 0.717) is 28.2 Å². The van der Waals surface area contributed by atoms with Gasteiger partial charge in [-0.25, -0.2) is 0 Å². The molecule has 3 N–H and O–H groups in total. The molecular formula is C19H15N3O3. The van der Waals surface area contributed by atoms with Gasteiger partial charge in [-0.2, -0.15) is 5.26 Å². The van der Waals surface area contributed by atoms with Crippen molar-refractivity contribution in [2.24, 2.45) is 5.73 Å². The molecule has 0 aromatic heterocycles. The number of aryl methyl sites for hydroxylation is 1. The lowest BCUT2D eigenvalue weighted by Gasteiger charge is -2.24. The first-order valence-corrected chi connectivity index (χ1v) is 7.60. The predicted molar refractivity (Wildman–Crippen MR) is 91.5 cm³/mol. The van der Waals surface area contributed by atoms with Crippen molar-refractivity contribution in [1.29, 1.82) is 5.26 Å². The highest BCUT2D eigenvalue weighted by molar-refractivity contribution is 6.10. The molecule has 3 rings (SSSR count). The van der Waals surface area contributed by atoms with Crippen LogP contribution in [0, 0.1) is 18.3 Å². The van der Waals surface area contributed by atoms with Gasteiger partial charge >= 0.3 is 0 Å². The maximum absolute atomic E-state index is 12.4. The topological polar surface area (TPSA) is 105 Å². The molecule has 0 fully saturated rings. The molecule has 0 atom stereocenters. The van der Waals surface area contributed by atoms with E-state index >= 15 is 0 Å². The van der Waals surface area contributed by atoms with Gasteiger partial charge in [0.2, 0.25) is 5.91 Å². The van der Waals surface area contributed by atoms with Gasteiger partial charge in [-0.05, 0) is 25.1 Å². The van der Waals surface area contributed by atoms with Gasteiger partial charge in [-0.1, -0.05) is 29.8 Å². The first-order chi connectivity index (χ1) is 12.0. The van der Waals surface area contributed by atoms with Crippen molar-refractivity contribution in [2.45, 2.75) is 6.92 Å². The smallest absolute Gasteiger partial charge is 0.263 e. The summed E-state index contributed by atoms with van der Waals surface area (Å²) >= 11 is 0. The molecule has 124 valence electrons. The zero-order valence-corrected chi connectivity index (χ0v) is 13.5. The van der Waals surface area contributed by atoms with Crippen LogP contribution in [0.25, 0.3) is 5.57 Å². The molecular weight excluding hydrogens is 318 g/mol. The average molecular weight is 333 g/mol. The molecule has 0 saturated heterocycles. The second-order valence-electron chi connectivity index (χ2n) is 5.61. The molecule has 1 aliphatic heterocycles.